The summed E-state index contributed by atoms with van der Waals surface area (Å²) in [5.41, 5.74) is 4.59. The molecule has 21 heavy (non-hydrogen) atoms. The Bertz CT molecular complexity index is 592. The zero-order valence-electron chi connectivity index (χ0n) is 12.0. The number of carbonyl (C=O) groups is 1. The van der Waals surface area contributed by atoms with Crippen LogP contribution in [0.3, 0.4) is 0 Å². The van der Waals surface area contributed by atoms with E-state index in [-0.39, 0.29) is 12.5 Å². The van der Waals surface area contributed by atoms with E-state index in [0.29, 0.717) is 5.75 Å². The summed E-state index contributed by atoms with van der Waals surface area (Å²) in [6, 6.07) is 17.2. The summed E-state index contributed by atoms with van der Waals surface area (Å²) in [7, 11) is 0. The first-order valence-electron chi connectivity index (χ1n) is 6.86. The molecule has 1 N–H and O–H groups in total. The van der Waals surface area contributed by atoms with Gasteiger partial charge in [-0.3, -0.25) is 4.79 Å². The number of amides is 1. The van der Waals surface area contributed by atoms with Crippen LogP contribution in [-0.4, -0.2) is 18.7 Å². The van der Waals surface area contributed by atoms with Gasteiger partial charge in [-0.15, -0.1) is 0 Å². The van der Waals surface area contributed by atoms with Crippen LogP contribution in [0.2, 0.25) is 0 Å². The molecule has 2 rings (SSSR count). The quantitative estimate of drug-likeness (QED) is 0.654. The number of nitrogens with one attached hydrogen (secondary N) is 1. The summed E-state index contributed by atoms with van der Waals surface area (Å²) in [6.45, 7) is 2.03. The van der Waals surface area contributed by atoms with E-state index in [0.717, 1.165) is 12.0 Å². The van der Waals surface area contributed by atoms with Crippen molar-refractivity contribution in [1.82, 2.24) is 5.43 Å². The van der Waals surface area contributed by atoms with Gasteiger partial charge in [0.1, 0.15) is 5.75 Å². The maximum Gasteiger partial charge on any atom is 0.277 e. The highest BCUT2D eigenvalue weighted by atomic mass is 16.5. The van der Waals surface area contributed by atoms with Gasteiger partial charge >= 0.3 is 0 Å². The summed E-state index contributed by atoms with van der Waals surface area (Å²) in [6.07, 6.45) is 2.57. The molecule has 0 aliphatic rings. The van der Waals surface area contributed by atoms with E-state index in [1.54, 1.807) is 6.21 Å². The molecule has 0 spiro atoms. The minimum atomic E-state index is -0.290. The predicted octanol–water partition coefficient (Wildman–Crippen LogP) is 2.78. The smallest absolute Gasteiger partial charge is 0.277 e. The molecule has 108 valence electrons. The van der Waals surface area contributed by atoms with Gasteiger partial charge in [-0.2, -0.15) is 5.10 Å². The number of rotatable bonds is 6. The van der Waals surface area contributed by atoms with Crippen molar-refractivity contribution in [3.05, 3.63) is 65.7 Å². The number of nitrogens with zero attached hydrogens (tertiary/aromatic N) is 1. The number of aryl methyl sites for hydroxylation is 1. The van der Waals surface area contributed by atoms with Crippen LogP contribution in [-0.2, 0) is 11.2 Å². The summed E-state index contributed by atoms with van der Waals surface area (Å²) in [5, 5.41) is 3.88. The molecule has 0 aliphatic heterocycles. The summed E-state index contributed by atoms with van der Waals surface area (Å²) in [5.74, 6) is 0.385. The monoisotopic (exact) mass is 282 g/mol. The van der Waals surface area contributed by atoms with Crippen LogP contribution in [0.15, 0.2) is 59.7 Å². The lowest BCUT2D eigenvalue weighted by atomic mass is 10.2. The normalized spacial score (nSPS) is 10.5. The first-order valence-corrected chi connectivity index (χ1v) is 6.86. The fourth-order valence-corrected chi connectivity index (χ4v) is 1.72. The molecule has 0 aliphatic carbocycles. The van der Waals surface area contributed by atoms with Crippen LogP contribution in [0, 0.1) is 0 Å². The molecular formula is C17H18N2O2. The molecule has 0 aromatic heterocycles. The van der Waals surface area contributed by atoms with Gasteiger partial charge in [0.2, 0.25) is 0 Å². The standard InChI is InChI=1S/C17H18N2O2/c1-2-14-8-10-16(11-9-14)21-13-17(20)19-18-12-15-6-4-3-5-7-15/h3-12H,2,13H2,1H3,(H,19,20). The van der Waals surface area contributed by atoms with Gasteiger partial charge in [0, 0.05) is 0 Å². The van der Waals surface area contributed by atoms with Crippen LogP contribution < -0.4 is 10.2 Å². The van der Waals surface area contributed by atoms with Crippen LogP contribution in [0.5, 0.6) is 5.75 Å². The number of ether oxygens (including phenoxy) is 1. The lowest BCUT2D eigenvalue weighted by molar-refractivity contribution is -0.123. The van der Waals surface area contributed by atoms with Crippen molar-refractivity contribution in [2.45, 2.75) is 13.3 Å². The van der Waals surface area contributed by atoms with Crippen molar-refractivity contribution in [1.29, 1.82) is 0 Å². The molecule has 2 aromatic rings. The Morgan fingerprint density at radius 3 is 2.52 bits per heavy atom. The molecular weight excluding hydrogens is 264 g/mol. The molecule has 0 unspecified atom stereocenters. The topological polar surface area (TPSA) is 50.7 Å². The van der Waals surface area contributed by atoms with Gasteiger partial charge in [0.25, 0.3) is 5.91 Å². The fraction of sp³-hybridized carbons (Fsp3) is 0.176. The maximum atomic E-state index is 11.6. The minimum Gasteiger partial charge on any atom is -0.484 e. The summed E-state index contributed by atoms with van der Waals surface area (Å²) >= 11 is 0. The Morgan fingerprint density at radius 1 is 1.14 bits per heavy atom. The van der Waals surface area contributed by atoms with Gasteiger partial charge in [0.05, 0.1) is 6.21 Å². The van der Waals surface area contributed by atoms with E-state index < -0.39 is 0 Å². The summed E-state index contributed by atoms with van der Waals surface area (Å²) < 4.78 is 5.38. The number of benzene rings is 2. The molecule has 4 heteroatoms. The molecule has 0 radical (unpaired) electrons. The molecule has 4 nitrogen and oxygen atoms in total. The van der Waals surface area contributed by atoms with Gasteiger partial charge in [0.15, 0.2) is 6.61 Å². The number of carbonyl (C=O) groups excluding carboxylic acids is 1. The lowest BCUT2D eigenvalue weighted by Gasteiger charge is -2.05. The van der Waals surface area contributed by atoms with Gasteiger partial charge < -0.3 is 4.74 Å². The lowest BCUT2D eigenvalue weighted by Crippen LogP contribution is -2.24. The van der Waals surface area contributed by atoms with Crippen molar-refractivity contribution < 1.29 is 9.53 Å². The SMILES string of the molecule is CCc1ccc(OCC(=O)NN=Cc2ccccc2)cc1. The Kier molecular flexibility index (Phi) is 5.52. The van der Waals surface area contributed by atoms with Gasteiger partial charge in [-0.05, 0) is 29.7 Å². The fourth-order valence-electron chi connectivity index (χ4n) is 1.72. The van der Waals surface area contributed by atoms with Gasteiger partial charge in [-0.1, -0.05) is 49.4 Å². The zero-order valence-corrected chi connectivity index (χ0v) is 12.0. The highest BCUT2D eigenvalue weighted by Gasteiger charge is 2.01. The molecule has 0 fully saturated rings. The highest BCUT2D eigenvalue weighted by molar-refractivity contribution is 5.82. The third kappa shape index (κ3) is 5.10. The zero-order chi connectivity index (χ0) is 14.9. The first-order chi connectivity index (χ1) is 10.3. The second-order valence-electron chi connectivity index (χ2n) is 4.49. The van der Waals surface area contributed by atoms with Gasteiger partial charge in [-0.25, -0.2) is 5.43 Å². The maximum absolute atomic E-state index is 11.6. The molecule has 0 atom stereocenters. The molecule has 0 bridgehead atoms. The van der Waals surface area contributed by atoms with Crippen molar-refractivity contribution in [3.8, 4) is 5.75 Å². The molecule has 1 amide bonds. The average Bonchev–Trinajstić information content (AvgIpc) is 2.54. The third-order valence-electron chi connectivity index (χ3n) is 2.90. The van der Waals surface area contributed by atoms with E-state index in [1.807, 2.05) is 54.6 Å². The van der Waals surface area contributed by atoms with E-state index in [4.69, 9.17) is 4.74 Å². The second kappa shape index (κ2) is 7.85. The van der Waals surface area contributed by atoms with E-state index in [1.165, 1.54) is 5.56 Å². The molecule has 2 aromatic carbocycles. The predicted molar refractivity (Wildman–Crippen MR) is 83.5 cm³/mol. The Hall–Kier alpha value is -2.62. The van der Waals surface area contributed by atoms with Crippen LogP contribution in [0.4, 0.5) is 0 Å². The van der Waals surface area contributed by atoms with Crippen molar-refractivity contribution in [3.63, 3.8) is 0 Å². The van der Waals surface area contributed by atoms with Crippen LogP contribution in [0.25, 0.3) is 0 Å². The Balaban J connectivity index is 1.75. The van der Waals surface area contributed by atoms with Crippen LogP contribution >= 0.6 is 0 Å². The van der Waals surface area contributed by atoms with Crippen molar-refractivity contribution in [2.75, 3.05) is 6.61 Å². The largest absolute Gasteiger partial charge is 0.484 e. The third-order valence-corrected chi connectivity index (χ3v) is 2.90. The summed E-state index contributed by atoms with van der Waals surface area (Å²) in [4.78, 5) is 11.6. The molecule has 0 saturated heterocycles. The second-order valence-corrected chi connectivity index (χ2v) is 4.49. The van der Waals surface area contributed by atoms with Crippen LogP contribution in [0.1, 0.15) is 18.1 Å². The number of hydrogen-bond donors (Lipinski definition) is 1. The van der Waals surface area contributed by atoms with Crippen molar-refractivity contribution >= 4 is 12.1 Å². The Labute approximate surface area is 124 Å². The molecule has 0 heterocycles. The number of hydrazone groups is 1. The average molecular weight is 282 g/mol. The van der Waals surface area contributed by atoms with Crippen molar-refractivity contribution in [2.24, 2.45) is 5.10 Å². The molecule has 0 saturated carbocycles. The first kappa shape index (κ1) is 14.8. The highest BCUT2D eigenvalue weighted by Crippen LogP contribution is 2.12. The minimum absolute atomic E-state index is 0.0579. The van der Waals surface area contributed by atoms with E-state index in [2.05, 4.69) is 17.5 Å². The number of hydrogen-bond acceptors (Lipinski definition) is 3. The van der Waals surface area contributed by atoms with E-state index in [9.17, 15) is 4.79 Å². The Morgan fingerprint density at radius 2 is 1.86 bits per heavy atom. The van der Waals surface area contributed by atoms with E-state index >= 15 is 0 Å².